The second-order valence-electron chi connectivity index (χ2n) is 9.67. The number of aromatic nitrogens is 1. The van der Waals surface area contributed by atoms with Crippen LogP contribution in [0.4, 0.5) is 14.5 Å². The van der Waals surface area contributed by atoms with Crippen LogP contribution in [-0.2, 0) is 4.79 Å². The number of hydrogen-bond acceptors (Lipinski definition) is 6. The SMILES string of the molecule is C[C@@H]1CN2c3c(cnc4c(F)c(-c5c(O)cccc5F)c(Cl)cc34)OC[C@H]2CN1C(=O)/C=C/CN(C)C. The van der Waals surface area contributed by atoms with Crippen LogP contribution in [-0.4, -0.2) is 78.2 Å². The minimum absolute atomic E-state index is 0.0113. The Kier molecular flexibility index (Phi) is 6.68. The van der Waals surface area contributed by atoms with Crippen molar-refractivity contribution >= 4 is 34.1 Å². The van der Waals surface area contributed by atoms with E-state index in [1.165, 1.54) is 24.4 Å². The first-order chi connectivity index (χ1) is 17.7. The maximum Gasteiger partial charge on any atom is 0.246 e. The molecule has 1 aromatic heterocycles. The van der Waals surface area contributed by atoms with Crippen molar-refractivity contribution in [2.75, 3.05) is 45.2 Å². The fourth-order valence-corrected chi connectivity index (χ4v) is 5.32. The zero-order valence-electron chi connectivity index (χ0n) is 20.7. The number of carbonyl (C=O) groups excluding carboxylic acids is 1. The summed E-state index contributed by atoms with van der Waals surface area (Å²) in [5.41, 5.74) is 0.0543. The Hall–Kier alpha value is -3.43. The number of phenolic OH excluding ortho intramolecular Hbond substituents is 1. The van der Waals surface area contributed by atoms with E-state index in [1.54, 1.807) is 6.08 Å². The van der Waals surface area contributed by atoms with Gasteiger partial charge in [0.15, 0.2) is 11.6 Å². The van der Waals surface area contributed by atoms with Gasteiger partial charge in [-0.05, 0) is 39.2 Å². The fraction of sp³-hybridized carbons (Fsp3) is 0.333. The molecule has 0 saturated carbocycles. The van der Waals surface area contributed by atoms with Gasteiger partial charge in [-0.15, -0.1) is 0 Å². The molecule has 0 aliphatic carbocycles. The first-order valence-electron chi connectivity index (χ1n) is 12.0. The van der Waals surface area contributed by atoms with Gasteiger partial charge in [-0.2, -0.15) is 0 Å². The largest absolute Gasteiger partial charge is 0.507 e. The van der Waals surface area contributed by atoms with Crippen molar-refractivity contribution in [2.24, 2.45) is 0 Å². The van der Waals surface area contributed by atoms with Crippen LogP contribution in [0.2, 0.25) is 5.02 Å². The monoisotopic (exact) mass is 528 g/mol. The number of aromatic hydroxyl groups is 1. The molecule has 3 aromatic rings. The third kappa shape index (κ3) is 4.46. The maximum atomic E-state index is 15.8. The summed E-state index contributed by atoms with van der Waals surface area (Å²) in [6, 6.07) is 5.00. The second kappa shape index (κ2) is 9.79. The van der Waals surface area contributed by atoms with Gasteiger partial charge >= 0.3 is 0 Å². The Bertz CT molecular complexity index is 1390. The molecular formula is C27H27ClF2N4O3. The van der Waals surface area contributed by atoms with Crippen molar-refractivity contribution in [3.8, 4) is 22.6 Å². The van der Waals surface area contributed by atoms with E-state index in [-0.39, 0.29) is 39.7 Å². The number of piperazine rings is 1. The smallest absolute Gasteiger partial charge is 0.246 e. The number of benzene rings is 2. The molecular weight excluding hydrogens is 502 g/mol. The third-order valence-corrected chi connectivity index (χ3v) is 7.11. The molecule has 1 fully saturated rings. The molecule has 2 atom stereocenters. The van der Waals surface area contributed by atoms with Crippen LogP contribution in [0.25, 0.3) is 22.0 Å². The quantitative estimate of drug-likeness (QED) is 0.504. The molecule has 1 saturated heterocycles. The fourth-order valence-electron chi connectivity index (χ4n) is 5.03. The number of amides is 1. The number of likely N-dealkylation sites (N-methyl/N-ethyl adjacent to an activating group) is 1. The number of phenols is 1. The maximum absolute atomic E-state index is 15.8. The van der Waals surface area contributed by atoms with Gasteiger partial charge < -0.3 is 24.5 Å². The Morgan fingerprint density at radius 3 is 2.81 bits per heavy atom. The number of pyridine rings is 1. The molecule has 2 aliphatic heterocycles. The van der Waals surface area contributed by atoms with Crippen LogP contribution in [0.15, 0.2) is 42.6 Å². The Labute approximate surface area is 218 Å². The van der Waals surface area contributed by atoms with E-state index in [4.69, 9.17) is 16.3 Å². The van der Waals surface area contributed by atoms with E-state index in [1.807, 2.05) is 36.9 Å². The molecule has 0 radical (unpaired) electrons. The average molecular weight is 529 g/mol. The summed E-state index contributed by atoms with van der Waals surface area (Å²) >= 11 is 6.50. The number of ether oxygens (including phenoxy) is 1. The average Bonchev–Trinajstić information content (AvgIpc) is 2.84. The predicted molar refractivity (Wildman–Crippen MR) is 139 cm³/mol. The van der Waals surface area contributed by atoms with Crippen LogP contribution in [0.1, 0.15) is 6.92 Å². The van der Waals surface area contributed by atoms with Crippen molar-refractivity contribution in [3.63, 3.8) is 0 Å². The summed E-state index contributed by atoms with van der Waals surface area (Å²) in [6.45, 7) is 3.92. The van der Waals surface area contributed by atoms with E-state index < -0.39 is 17.4 Å². The molecule has 7 nitrogen and oxygen atoms in total. The van der Waals surface area contributed by atoms with Gasteiger partial charge in [0.1, 0.15) is 23.7 Å². The molecule has 2 aliphatic rings. The van der Waals surface area contributed by atoms with E-state index in [0.717, 1.165) is 6.07 Å². The van der Waals surface area contributed by atoms with Crippen LogP contribution in [0.3, 0.4) is 0 Å². The van der Waals surface area contributed by atoms with E-state index >= 15 is 4.39 Å². The lowest BCUT2D eigenvalue weighted by Crippen LogP contribution is -2.61. The molecule has 37 heavy (non-hydrogen) atoms. The summed E-state index contributed by atoms with van der Waals surface area (Å²) in [6.07, 6.45) is 4.88. The van der Waals surface area contributed by atoms with E-state index in [2.05, 4.69) is 9.88 Å². The van der Waals surface area contributed by atoms with E-state index in [0.29, 0.717) is 43.1 Å². The van der Waals surface area contributed by atoms with Crippen LogP contribution >= 0.6 is 11.6 Å². The highest BCUT2D eigenvalue weighted by atomic mass is 35.5. The standard InChI is InChI=1S/C27H27ClF2N4O3/c1-15-12-34-16(13-33(15)22(36)8-5-9-32(2)3)14-37-21-11-31-26-17(27(21)34)10-18(28)23(25(26)30)24-19(29)6-4-7-20(24)35/h4-8,10-11,15-16,35H,9,12-14H2,1-3H3/b8-5+/t15-,16-/m1/s1. The summed E-state index contributed by atoms with van der Waals surface area (Å²) in [4.78, 5) is 23.0. The van der Waals surface area contributed by atoms with Gasteiger partial charge in [-0.25, -0.2) is 13.8 Å². The molecule has 0 spiro atoms. The summed E-state index contributed by atoms with van der Waals surface area (Å²) < 4.78 is 36.4. The first-order valence-corrected chi connectivity index (χ1v) is 12.3. The summed E-state index contributed by atoms with van der Waals surface area (Å²) in [5, 5.41) is 10.6. The van der Waals surface area contributed by atoms with Crippen LogP contribution in [0, 0.1) is 11.6 Å². The van der Waals surface area contributed by atoms with Crippen LogP contribution < -0.4 is 9.64 Å². The zero-order chi connectivity index (χ0) is 26.4. The Morgan fingerprint density at radius 1 is 1.30 bits per heavy atom. The van der Waals surface area contributed by atoms with Crippen molar-refractivity contribution in [2.45, 2.75) is 19.0 Å². The molecule has 3 heterocycles. The minimum Gasteiger partial charge on any atom is -0.507 e. The highest BCUT2D eigenvalue weighted by molar-refractivity contribution is 6.34. The van der Waals surface area contributed by atoms with Gasteiger partial charge in [0, 0.05) is 42.7 Å². The van der Waals surface area contributed by atoms with Crippen molar-refractivity contribution < 1.29 is 23.4 Å². The number of halogens is 3. The van der Waals surface area contributed by atoms with Gasteiger partial charge in [0.25, 0.3) is 0 Å². The lowest BCUT2D eigenvalue weighted by Gasteiger charge is -2.48. The normalized spacial score (nSPS) is 19.3. The number of nitrogens with zero attached hydrogens (tertiary/aromatic N) is 4. The van der Waals surface area contributed by atoms with Gasteiger partial charge in [0.2, 0.25) is 5.91 Å². The predicted octanol–water partition coefficient (Wildman–Crippen LogP) is 4.45. The first kappa shape index (κ1) is 25.2. The number of carbonyl (C=O) groups is 1. The number of fused-ring (bicyclic) bond motifs is 5. The minimum atomic E-state index is -0.833. The highest BCUT2D eigenvalue weighted by Crippen LogP contribution is 2.46. The third-order valence-electron chi connectivity index (χ3n) is 6.81. The molecule has 1 amide bonds. The van der Waals surface area contributed by atoms with Crippen molar-refractivity contribution in [3.05, 3.63) is 59.3 Å². The van der Waals surface area contributed by atoms with Gasteiger partial charge in [-0.1, -0.05) is 23.7 Å². The topological polar surface area (TPSA) is 69.1 Å². The summed E-state index contributed by atoms with van der Waals surface area (Å²) in [7, 11) is 3.87. The number of rotatable bonds is 4. The Balaban J connectivity index is 1.54. The van der Waals surface area contributed by atoms with Crippen molar-refractivity contribution in [1.82, 2.24) is 14.8 Å². The molecule has 1 N–H and O–H groups in total. The number of hydrogen-bond donors (Lipinski definition) is 1. The van der Waals surface area contributed by atoms with Crippen LogP contribution in [0.5, 0.6) is 11.5 Å². The molecule has 0 unspecified atom stereocenters. The van der Waals surface area contributed by atoms with Gasteiger partial charge in [-0.3, -0.25) is 4.79 Å². The molecule has 5 rings (SSSR count). The zero-order valence-corrected chi connectivity index (χ0v) is 21.5. The molecule has 194 valence electrons. The molecule has 10 heteroatoms. The molecule has 2 aromatic carbocycles. The van der Waals surface area contributed by atoms with E-state index in [9.17, 15) is 14.3 Å². The Morgan fingerprint density at radius 2 is 2.08 bits per heavy atom. The highest BCUT2D eigenvalue weighted by Gasteiger charge is 2.39. The lowest BCUT2D eigenvalue weighted by atomic mass is 9.98. The molecule has 0 bridgehead atoms. The second-order valence-corrected chi connectivity index (χ2v) is 10.1. The number of anilines is 1. The lowest BCUT2D eigenvalue weighted by molar-refractivity contribution is -0.129. The van der Waals surface area contributed by atoms with Crippen molar-refractivity contribution in [1.29, 1.82) is 0 Å². The summed E-state index contributed by atoms with van der Waals surface area (Å²) in [5.74, 6) is -1.63. The van der Waals surface area contributed by atoms with Gasteiger partial charge in [0.05, 0.1) is 28.5 Å².